The second kappa shape index (κ2) is 13.4. The van der Waals surface area contributed by atoms with Crippen LogP contribution in [-0.2, 0) is 0 Å². The Morgan fingerprint density at radius 3 is 1.27 bits per heavy atom. The summed E-state index contributed by atoms with van der Waals surface area (Å²) in [7, 11) is 0. The van der Waals surface area contributed by atoms with Gasteiger partial charge in [0.2, 0.25) is 0 Å². The van der Waals surface area contributed by atoms with Gasteiger partial charge in [-0.15, -0.1) is 0 Å². The van der Waals surface area contributed by atoms with E-state index >= 15 is 0 Å². The van der Waals surface area contributed by atoms with E-state index in [1.54, 1.807) is 0 Å². The van der Waals surface area contributed by atoms with Crippen molar-refractivity contribution in [1.82, 2.24) is 13.7 Å². The van der Waals surface area contributed by atoms with Crippen molar-refractivity contribution in [2.24, 2.45) is 0 Å². The van der Waals surface area contributed by atoms with Crippen LogP contribution < -0.4 is 0 Å². The molecule has 0 spiro atoms. The van der Waals surface area contributed by atoms with Crippen LogP contribution in [0.3, 0.4) is 0 Å². The lowest BCUT2D eigenvalue weighted by Crippen LogP contribution is -1.99. The molecule has 0 aliphatic heterocycles. The van der Waals surface area contributed by atoms with Gasteiger partial charge >= 0.3 is 0 Å². The predicted molar refractivity (Wildman–Crippen MR) is 268 cm³/mol. The van der Waals surface area contributed by atoms with E-state index < -0.39 is 0 Å². The lowest BCUT2D eigenvalue weighted by Gasteiger charge is -2.16. The van der Waals surface area contributed by atoms with Crippen molar-refractivity contribution < 1.29 is 4.42 Å². The summed E-state index contributed by atoms with van der Waals surface area (Å²) in [6, 6.07) is 81.5. The first-order valence-electron chi connectivity index (χ1n) is 21.9. The van der Waals surface area contributed by atoms with Gasteiger partial charge in [-0.2, -0.15) is 0 Å². The average molecular weight is 816 g/mol. The molecule has 14 rings (SSSR count). The summed E-state index contributed by atoms with van der Waals surface area (Å²) in [5.41, 5.74) is 16.9. The smallest absolute Gasteiger partial charge is 0.137 e. The molecule has 4 nitrogen and oxygen atoms in total. The number of hydrogen-bond donors (Lipinski definition) is 0. The Morgan fingerprint density at radius 1 is 0.266 bits per heavy atom. The third kappa shape index (κ3) is 4.99. The van der Waals surface area contributed by atoms with E-state index in [1.807, 2.05) is 0 Å². The van der Waals surface area contributed by atoms with Crippen LogP contribution in [0.25, 0.3) is 127 Å². The summed E-state index contributed by atoms with van der Waals surface area (Å²) in [4.78, 5) is 0. The number of para-hydroxylation sites is 5. The Bertz CT molecular complexity index is 4130. The summed E-state index contributed by atoms with van der Waals surface area (Å²) in [5.74, 6) is 0. The summed E-state index contributed by atoms with van der Waals surface area (Å²) in [6.45, 7) is 0. The topological polar surface area (TPSA) is 27.9 Å². The fourth-order valence-corrected chi connectivity index (χ4v) is 10.7. The molecule has 0 unspecified atom stereocenters. The Kier molecular flexibility index (Phi) is 7.36. The molecule has 0 aliphatic carbocycles. The first kappa shape index (κ1) is 35.0. The van der Waals surface area contributed by atoms with Gasteiger partial charge in [-0.25, -0.2) is 0 Å². The molecule has 4 heterocycles. The van der Waals surface area contributed by atoms with Crippen LogP contribution in [0.5, 0.6) is 0 Å². The fraction of sp³-hybridized carbons (Fsp3) is 0. The van der Waals surface area contributed by atoms with E-state index in [0.717, 1.165) is 61.2 Å². The van der Waals surface area contributed by atoms with Crippen LogP contribution in [0.2, 0.25) is 0 Å². The number of rotatable bonds is 5. The second-order valence-electron chi connectivity index (χ2n) is 16.9. The average Bonchev–Trinajstić information content (AvgIpc) is 4.10. The molecule has 0 radical (unpaired) electrons. The normalized spacial score (nSPS) is 12.1. The van der Waals surface area contributed by atoms with Gasteiger partial charge in [0.1, 0.15) is 11.2 Å². The van der Waals surface area contributed by atoms with Crippen molar-refractivity contribution in [3.8, 4) is 39.3 Å². The molecular formula is C60H37N3O. The van der Waals surface area contributed by atoms with Crippen LogP contribution in [0.15, 0.2) is 229 Å². The minimum Gasteiger partial charge on any atom is -0.456 e. The van der Waals surface area contributed by atoms with E-state index in [-0.39, 0.29) is 0 Å². The summed E-state index contributed by atoms with van der Waals surface area (Å²) in [5, 5.41) is 9.57. The molecule has 0 N–H and O–H groups in total. The molecule has 4 heteroatoms. The van der Waals surface area contributed by atoms with Gasteiger partial charge in [-0.05, 0) is 95.6 Å². The minimum absolute atomic E-state index is 0.869. The number of hydrogen-bond acceptors (Lipinski definition) is 1. The molecule has 0 fully saturated rings. The van der Waals surface area contributed by atoms with Crippen molar-refractivity contribution >= 4 is 87.4 Å². The first-order valence-corrected chi connectivity index (χ1v) is 21.9. The number of fused-ring (bicyclic) bond motifs is 12. The predicted octanol–water partition coefficient (Wildman–Crippen LogP) is 16.2. The van der Waals surface area contributed by atoms with Gasteiger partial charge in [0.05, 0.1) is 44.2 Å². The van der Waals surface area contributed by atoms with E-state index in [4.69, 9.17) is 4.42 Å². The lowest BCUT2D eigenvalue weighted by molar-refractivity contribution is 0.669. The van der Waals surface area contributed by atoms with E-state index in [9.17, 15) is 0 Å². The highest BCUT2D eigenvalue weighted by molar-refractivity contribution is 6.18. The Morgan fingerprint density at radius 2 is 0.688 bits per heavy atom. The molecule has 14 aromatic rings. The monoisotopic (exact) mass is 815 g/mol. The number of benzene rings is 10. The van der Waals surface area contributed by atoms with Gasteiger partial charge in [-0.1, -0.05) is 146 Å². The number of aromatic nitrogens is 3. The molecule has 10 aromatic carbocycles. The van der Waals surface area contributed by atoms with Crippen molar-refractivity contribution in [3.05, 3.63) is 224 Å². The molecule has 0 aliphatic rings. The maximum Gasteiger partial charge on any atom is 0.137 e. The summed E-state index contributed by atoms with van der Waals surface area (Å²) < 4.78 is 13.9. The molecule has 4 aromatic heterocycles. The molecule has 0 saturated carbocycles. The van der Waals surface area contributed by atoms with Crippen LogP contribution in [-0.4, -0.2) is 13.7 Å². The van der Waals surface area contributed by atoms with Crippen molar-refractivity contribution in [1.29, 1.82) is 0 Å². The van der Waals surface area contributed by atoms with Gasteiger partial charge in [0.25, 0.3) is 0 Å². The van der Waals surface area contributed by atoms with Crippen molar-refractivity contribution in [3.63, 3.8) is 0 Å². The van der Waals surface area contributed by atoms with Crippen LogP contribution in [0.4, 0.5) is 0 Å². The van der Waals surface area contributed by atoms with E-state index in [0.29, 0.717) is 0 Å². The maximum absolute atomic E-state index is 6.59. The molecule has 0 atom stereocenters. The number of furan rings is 1. The molecule has 298 valence electrons. The maximum atomic E-state index is 6.59. The minimum atomic E-state index is 0.869. The molecular weight excluding hydrogens is 779 g/mol. The van der Waals surface area contributed by atoms with Gasteiger partial charge in [-0.3, -0.25) is 0 Å². The Labute approximate surface area is 367 Å². The molecule has 64 heavy (non-hydrogen) atoms. The Hall–Kier alpha value is -8.60. The zero-order valence-corrected chi connectivity index (χ0v) is 34.6. The standard InChI is InChI=1S/C60H37N3O/c1-2-14-38(15-3-1)39-26-28-40(29-27-39)43-32-35-58-59(48-20-8-13-25-57(48)64-58)60(43)63-54-24-12-7-19-47(54)50-37-42(31-34-56(50)63)62-53-23-11-6-18-46(53)49-36-41(30-33-55(49)62)61-51-21-9-4-16-44(51)45-17-5-10-22-52(45)61/h1-37H. The Balaban J connectivity index is 1.00. The lowest BCUT2D eigenvalue weighted by atomic mass is 9.96. The van der Waals surface area contributed by atoms with Crippen LogP contribution in [0.1, 0.15) is 0 Å². The second-order valence-corrected chi connectivity index (χ2v) is 16.9. The molecule has 0 saturated heterocycles. The SMILES string of the molecule is c1ccc(-c2ccc(-c3ccc4oc5ccccc5c4c3-n3c4ccccc4c4cc(-n5c6ccccc6c6cc(-n7c8ccccc8c8ccccc87)ccc65)ccc43)cc2)cc1. The molecule has 0 bridgehead atoms. The number of nitrogens with zero attached hydrogens (tertiary/aromatic N) is 3. The van der Waals surface area contributed by atoms with Crippen molar-refractivity contribution in [2.45, 2.75) is 0 Å². The summed E-state index contributed by atoms with van der Waals surface area (Å²) in [6.07, 6.45) is 0. The highest BCUT2D eigenvalue weighted by atomic mass is 16.3. The zero-order valence-electron chi connectivity index (χ0n) is 34.6. The third-order valence-corrected chi connectivity index (χ3v) is 13.5. The van der Waals surface area contributed by atoms with Gasteiger partial charge < -0.3 is 18.1 Å². The third-order valence-electron chi connectivity index (χ3n) is 13.5. The first-order chi connectivity index (χ1) is 31.8. The van der Waals surface area contributed by atoms with Crippen molar-refractivity contribution in [2.75, 3.05) is 0 Å². The largest absolute Gasteiger partial charge is 0.456 e. The van der Waals surface area contributed by atoms with E-state index in [2.05, 4.69) is 238 Å². The fourth-order valence-electron chi connectivity index (χ4n) is 10.7. The van der Waals surface area contributed by atoms with Gasteiger partial charge in [0, 0.05) is 54.6 Å². The van der Waals surface area contributed by atoms with Crippen LogP contribution in [0, 0.1) is 0 Å². The quantitative estimate of drug-likeness (QED) is 0.170. The highest BCUT2D eigenvalue weighted by Crippen LogP contribution is 2.45. The highest BCUT2D eigenvalue weighted by Gasteiger charge is 2.23. The molecule has 0 amide bonds. The van der Waals surface area contributed by atoms with Crippen LogP contribution >= 0.6 is 0 Å². The zero-order chi connectivity index (χ0) is 41.9. The summed E-state index contributed by atoms with van der Waals surface area (Å²) >= 11 is 0. The van der Waals surface area contributed by atoms with E-state index in [1.165, 1.54) is 65.5 Å². The van der Waals surface area contributed by atoms with Gasteiger partial charge in [0.15, 0.2) is 0 Å².